The summed E-state index contributed by atoms with van der Waals surface area (Å²) in [6, 6.07) is 9.71. The van der Waals surface area contributed by atoms with Crippen molar-refractivity contribution in [3.63, 3.8) is 0 Å². The van der Waals surface area contributed by atoms with E-state index in [2.05, 4.69) is 5.32 Å². The Hall–Kier alpha value is -2.82. The van der Waals surface area contributed by atoms with Crippen molar-refractivity contribution in [2.75, 3.05) is 11.9 Å². The van der Waals surface area contributed by atoms with Crippen LogP contribution in [0, 0.1) is 34.6 Å². The fourth-order valence-electron chi connectivity index (χ4n) is 3.05. The molecule has 0 fully saturated rings. The van der Waals surface area contributed by atoms with E-state index >= 15 is 0 Å². The monoisotopic (exact) mass is 369 g/mol. The first-order chi connectivity index (χ1) is 12.7. The minimum Gasteiger partial charge on any atom is -0.482 e. The van der Waals surface area contributed by atoms with Gasteiger partial charge in [-0.05, 0) is 75.9 Å². The lowest BCUT2D eigenvalue weighted by molar-refractivity contribution is -0.155. The first-order valence-corrected chi connectivity index (χ1v) is 8.95. The van der Waals surface area contributed by atoms with Crippen LogP contribution in [0.5, 0.6) is 5.75 Å². The van der Waals surface area contributed by atoms with E-state index in [9.17, 15) is 9.59 Å². The second kappa shape index (κ2) is 8.71. The number of ether oxygens (including phenoxy) is 2. The molecule has 0 saturated heterocycles. The second-order valence-corrected chi connectivity index (χ2v) is 7.01. The fourth-order valence-corrected chi connectivity index (χ4v) is 3.05. The molecular formula is C22H27NO4. The van der Waals surface area contributed by atoms with Gasteiger partial charge in [-0.25, -0.2) is 4.79 Å². The Labute approximate surface area is 160 Å². The molecule has 2 rings (SSSR count). The maximum absolute atomic E-state index is 12.4. The molecule has 0 aliphatic rings. The van der Waals surface area contributed by atoms with Crippen LogP contribution in [0.4, 0.5) is 5.69 Å². The molecular weight excluding hydrogens is 342 g/mol. The summed E-state index contributed by atoms with van der Waals surface area (Å²) in [5, 5.41) is 2.84. The van der Waals surface area contributed by atoms with Crippen LogP contribution < -0.4 is 10.1 Å². The third-order valence-corrected chi connectivity index (χ3v) is 4.15. The van der Waals surface area contributed by atoms with Crippen LogP contribution in [0.1, 0.15) is 34.7 Å². The molecule has 5 nitrogen and oxygen atoms in total. The average Bonchev–Trinajstić information content (AvgIpc) is 2.55. The van der Waals surface area contributed by atoms with Gasteiger partial charge in [-0.3, -0.25) is 4.79 Å². The number of amides is 1. The van der Waals surface area contributed by atoms with Gasteiger partial charge < -0.3 is 14.8 Å². The van der Waals surface area contributed by atoms with Gasteiger partial charge in [0.25, 0.3) is 5.91 Å². The fraction of sp³-hybridized carbons (Fsp3) is 0.364. The van der Waals surface area contributed by atoms with Crippen molar-refractivity contribution >= 4 is 17.6 Å². The zero-order valence-corrected chi connectivity index (χ0v) is 16.8. The summed E-state index contributed by atoms with van der Waals surface area (Å²) < 4.78 is 10.7. The second-order valence-electron chi connectivity index (χ2n) is 7.01. The number of nitrogens with one attached hydrogen (secondary N) is 1. The van der Waals surface area contributed by atoms with Crippen molar-refractivity contribution in [3.05, 3.63) is 58.1 Å². The predicted molar refractivity (Wildman–Crippen MR) is 106 cm³/mol. The van der Waals surface area contributed by atoms with E-state index in [1.165, 1.54) is 0 Å². The van der Waals surface area contributed by atoms with Gasteiger partial charge in [0.05, 0.1) is 0 Å². The maximum Gasteiger partial charge on any atom is 0.344 e. The Kier molecular flexibility index (Phi) is 6.61. The van der Waals surface area contributed by atoms with Crippen molar-refractivity contribution in [2.24, 2.45) is 0 Å². The number of hydrogen-bond donors (Lipinski definition) is 1. The number of carbonyl (C=O) groups excluding carboxylic acids is 2. The van der Waals surface area contributed by atoms with Gasteiger partial charge in [-0.2, -0.15) is 0 Å². The van der Waals surface area contributed by atoms with Gasteiger partial charge in [0.2, 0.25) is 0 Å². The minimum absolute atomic E-state index is 0.247. The number of aryl methyl sites for hydroxylation is 5. The molecule has 5 heteroatoms. The zero-order chi connectivity index (χ0) is 20.1. The maximum atomic E-state index is 12.4. The molecule has 0 aliphatic carbocycles. The van der Waals surface area contributed by atoms with E-state index in [0.717, 1.165) is 33.5 Å². The quantitative estimate of drug-likeness (QED) is 0.776. The third kappa shape index (κ3) is 5.84. The highest BCUT2D eigenvalue weighted by Gasteiger charge is 2.19. The van der Waals surface area contributed by atoms with Crippen molar-refractivity contribution < 1.29 is 19.1 Å². The summed E-state index contributed by atoms with van der Waals surface area (Å²) in [6.45, 7) is 11.1. The first-order valence-electron chi connectivity index (χ1n) is 8.95. The number of carbonyl (C=O) groups is 2. The van der Waals surface area contributed by atoms with Crippen LogP contribution in [0.3, 0.4) is 0 Å². The Bertz CT molecular complexity index is 814. The van der Waals surface area contributed by atoms with Crippen LogP contribution in [0.15, 0.2) is 30.3 Å². The molecule has 0 saturated carbocycles. The Morgan fingerprint density at radius 2 is 1.41 bits per heavy atom. The molecule has 0 heterocycles. The van der Waals surface area contributed by atoms with Crippen LogP contribution in [-0.2, 0) is 14.3 Å². The molecule has 1 amide bonds. The van der Waals surface area contributed by atoms with Gasteiger partial charge in [0.15, 0.2) is 12.7 Å². The van der Waals surface area contributed by atoms with E-state index in [1.54, 1.807) is 6.92 Å². The first kappa shape index (κ1) is 20.5. The van der Waals surface area contributed by atoms with Crippen molar-refractivity contribution in [1.29, 1.82) is 0 Å². The van der Waals surface area contributed by atoms with Gasteiger partial charge in [0, 0.05) is 5.69 Å². The van der Waals surface area contributed by atoms with E-state index < -0.39 is 12.1 Å². The normalized spacial score (nSPS) is 11.6. The molecule has 0 aromatic heterocycles. The van der Waals surface area contributed by atoms with Crippen molar-refractivity contribution in [1.82, 2.24) is 0 Å². The van der Waals surface area contributed by atoms with Crippen molar-refractivity contribution in [2.45, 2.75) is 47.6 Å². The smallest absolute Gasteiger partial charge is 0.344 e. The number of rotatable bonds is 6. The van der Waals surface area contributed by atoms with Gasteiger partial charge >= 0.3 is 5.97 Å². The summed E-state index contributed by atoms with van der Waals surface area (Å²) in [4.78, 5) is 24.4. The molecule has 0 radical (unpaired) electrons. The molecule has 1 atom stereocenters. The predicted octanol–water partition coefficient (Wildman–Crippen LogP) is 4.18. The molecule has 2 aromatic rings. The van der Waals surface area contributed by atoms with Crippen LogP contribution >= 0.6 is 0 Å². The number of esters is 1. The van der Waals surface area contributed by atoms with Gasteiger partial charge in [0.1, 0.15) is 5.75 Å². The number of benzene rings is 2. The summed E-state index contributed by atoms with van der Waals surface area (Å²) >= 11 is 0. The highest BCUT2D eigenvalue weighted by atomic mass is 16.6. The highest BCUT2D eigenvalue weighted by molar-refractivity contribution is 5.96. The molecule has 0 aliphatic heterocycles. The lowest BCUT2D eigenvalue weighted by atomic mass is 10.0. The topological polar surface area (TPSA) is 64.6 Å². The lowest BCUT2D eigenvalue weighted by Crippen LogP contribution is -2.32. The summed E-state index contributed by atoms with van der Waals surface area (Å²) in [5.41, 5.74) is 5.92. The Morgan fingerprint density at radius 1 is 0.889 bits per heavy atom. The summed E-state index contributed by atoms with van der Waals surface area (Å²) in [7, 11) is 0. The van der Waals surface area contributed by atoms with Gasteiger partial charge in [-0.15, -0.1) is 0 Å². The molecule has 2 aromatic carbocycles. The zero-order valence-electron chi connectivity index (χ0n) is 16.8. The molecule has 144 valence electrons. The van der Waals surface area contributed by atoms with Crippen molar-refractivity contribution in [3.8, 4) is 5.75 Å². The van der Waals surface area contributed by atoms with E-state index in [1.807, 2.05) is 65.0 Å². The highest BCUT2D eigenvalue weighted by Crippen LogP contribution is 2.22. The van der Waals surface area contributed by atoms with Crippen LogP contribution in [0.25, 0.3) is 0 Å². The summed E-state index contributed by atoms with van der Waals surface area (Å²) in [5.74, 6) is -0.355. The van der Waals surface area contributed by atoms with E-state index in [0.29, 0.717) is 5.75 Å². The Morgan fingerprint density at radius 3 is 1.96 bits per heavy atom. The molecule has 1 unspecified atom stereocenters. The average molecular weight is 369 g/mol. The molecule has 1 N–H and O–H groups in total. The lowest BCUT2D eigenvalue weighted by Gasteiger charge is -2.17. The van der Waals surface area contributed by atoms with Crippen LogP contribution in [-0.4, -0.2) is 24.6 Å². The van der Waals surface area contributed by atoms with Crippen LogP contribution in [0.2, 0.25) is 0 Å². The molecule has 0 spiro atoms. The minimum atomic E-state index is -0.916. The molecule has 27 heavy (non-hydrogen) atoms. The van der Waals surface area contributed by atoms with E-state index in [4.69, 9.17) is 9.47 Å². The standard InChI is InChI=1S/C22H27NO4/c1-13-7-14(2)11-19(10-13)26-12-20(24)27-18(6)22(25)23-21-16(4)8-15(3)9-17(21)5/h7-11,18H,12H2,1-6H3,(H,23,25). The summed E-state index contributed by atoms with van der Waals surface area (Å²) in [6.07, 6.45) is -0.916. The number of hydrogen-bond acceptors (Lipinski definition) is 4. The largest absolute Gasteiger partial charge is 0.482 e. The SMILES string of the molecule is Cc1cc(C)cc(OCC(=O)OC(C)C(=O)Nc2c(C)cc(C)cc2C)c1. The van der Waals surface area contributed by atoms with E-state index in [-0.39, 0.29) is 12.5 Å². The number of anilines is 1. The molecule has 0 bridgehead atoms. The third-order valence-electron chi connectivity index (χ3n) is 4.15. The van der Waals surface area contributed by atoms with Gasteiger partial charge in [-0.1, -0.05) is 23.8 Å². The Balaban J connectivity index is 1.91.